The van der Waals surface area contributed by atoms with Gasteiger partial charge in [0.1, 0.15) is 5.75 Å². The average Bonchev–Trinajstić information content (AvgIpc) is 2.60. The second kappa shape index (κ2) is 7.58. The SMILES string of the molecule is CCc1cccc(C(=O)NC(=O)c2ccc(OC)cc2)c1CC. The fraction of sp³-hybridized carbons (Fsp3) is 0.263. The summed E-state index contributed by atoms with van der Waals surface area (Å²) < 4.78 is 5.06. The molecule has 2 amide bonds. The number of aryl methyl sites for hydroxylation is 1. The van der Waals surface area contributed by atoms with Gasteiger partial charge >= 0.3 is 0 Å². The summed E-state index contributed by atoms with van der Waals surface area (Å²) in [6, 6.07) is 12.3. The number of rotatable bonds is 5. The van der Waals surface area contributed by atoms with Crippen molar-refractivity contribution in [1.29, 1.82) is 0 Å². The molecule has 0 saturated carbocycles. The van der Waals surface area contributed by atoms with Gasteiger partial charge < -0.3 is 4.74 Å². The molecule has 2 aromatic carbocycles. The Morgan fingerprint density at radius 2 is 1.65 bits per heavy atom. The minimum Gasteiger partial charge on any atom is -0.497 e. The lowest BCUT2D eigenvalue weighted by Gasteiger charge is -2.12. The number of carbonyl (C=O) groups is 2. The van der Waals surface area contributed by atoms with Crippen molar-refractivity contribution in [2.24, 2.45) is 0 Å². The molecule has 4 nitrogen and oxygen atoms in total. The Hall–Kier alpha value is -2.62. The quantitative estimate of drug-likeness (QED) is 0.861. The van der Waals surface area contributed by atoms with Gasteiger partial charge in [-0.15, -0.1) is 0 Å². The summed E-state index contributed by atoms with van der Waals surface area (Å²) in [5, 5.41) is 2.46. The third-order valence-electron chi connectivity index (χ3n) is 3.83. The monoisotopic (exact) mass is 311 g/mol. The summed E-state index contributed by atoms with van der Waals surface area (Å²) in [7, 11) is 1.56. The molecule has 0 saturated heterocycles. The van der Waals surface area contributed by atoms with Crippen molar-refractivity contribution >= 4 is 11.8 Å². The van der Waals surface area contributed by atoms with Crippen LogP contribution >= 0.6 is 0 Å². The van der Waals surface area contributed by atoms with Crippen molar-refractivity contribution in [1.82, 2.24) is 5.32 Å². The maximum atomic E-state index is 12.4. The van der Waals surface area contributed by atoms with Crippen LogP contribution in [0.25, 0.3) is 0 Å². The third-order valence-corrected chi connectivity index (χ3v) is 3.83. The van der Waals surface area contributed by atoms with Crippen LogP contribution < -0.4 is 10.1 Å². The first-order valence-corrected chi connectivity index (χ1v) is 7.71. The smallest absolute Gasteiger partial charge is 0.258 e. The van der Waals surface area contributed by atoms with Crippen LogP contribution in [-0.4, -0.2) is 18.9 Å². The molecule has 0 spiro atoms. The number of ether oxygens (including phenoxy) is 1. The van der Waals surface area contributed by atoms with E-state index in [9.17, 15) is 9.59 Å². The summed E-state index contributed by atoms with van der Waals surface area (Å²) in [4.78, 5) is 24.7. The highest BCUT2D eigenvalue weighted by atomic mass is 16.5. The van der Waals surface area contributed by atoms with Crippen molar-refractivity contribution < 1.29 is 14.3 Å². The number of benzene rings is 2. The molecule has 0 heterocycles. The molecule has 2 aromatic rings. The van der Waals surface area contributed by atoms with E-state index in [-0.39, 0.29) is 5.91 Å². The van der Waals surface area contributed by atoms with E-state index in [1.807, 2.05) is 19.1 Å². The number of amides is 2. The van der Waals surface area contributed by atoms with Crippen molar-refractivity contribution in [3.8, 4) is 5.75 Å². The summed E-state index contributed by atoms with van der Waals surface area (Å²) in [6.07, 6.45) is 1.61. The Bertz CT molecular complexity index is 705. The van der Waals surface area contributed by atoms with Gasteiger partial charge in [0, 0.05) is 11.1 Å². The first-order valence-electron chi connectivity index (χ1n) is 7.71. The lowest BCUT2D eigenvalue weighted by atomic mass is 9.96. The number of methoxy groups -OCH3 is 1. The summed E-state index contributed by atoms with van der Waals surface area (Å²) in [6.45, 7) is 4.06. The molecule has 0 fully saturated rings. The van der Waals surface area contributed by atoms with E-state index >= 15 is 0 Å². The number of imide groups is 1. The van der Waals surface area contributed by atoms with Crippen molar-refractivity contribution in [3.05, 3.63) is 64.7 Å². The second-order valence-corrected chi connectivity index (χ2v) is 5.16. The topological polar surface area (TPSA) is 55.4 Å². The zero-order valence-corrected chi connectivity index (χ0v) is 13.7. The standard InChI is InChI=1S/C19H21NO3/c1-4-13-7-6-8-17(16(13)5-2)19(22)20-18(21)14-9-11-15(23-3)12-10-14/h6-12H,4-5H2,1-3H3,(H,20,21,22). The lowest BCUT2D eigenvalue weighted by molar-refractivity contribution is 0.0848. The minimum atomic E-state index is -0.415. The summed E-state index contributed by atoms with van der Waals surface area (Å²) >= 11 is 0. The first kappa shape index (κ1) is 16.7. The van der Waals surface area contributed by atoms with E-state index in [0.717, 1.165) is 24.0 Å². The zero-order chi connectivity index (χ0) is 16.8. The van der Waals surface area contributed by atoms with Crippen LogP contribution in [0.4, 0.5) is 0 Å². The molecule has 0 aliphatic carbocycles. The van der Waals surface area contributed by atoms with Crippen molar-refractivity contribution in [2.75, 3.05) is 7.11 Å². The highest BCUT2D eigenvalue weighted by molar-refractivity contribution is 6.11. The zero-order valence-electron chi connectivity index (χ0n) is 13.7. The van der Waals surface area contributed by atoms with Gasteiger partial charge in [-0.25, -0.2) is 0 Å². The fourth-order valence-corrected chi connectivity index (χ4v) is 2.58. The van der Waals surface area contributed by atoms with E-state index in [1.54, 1.807) is 37.4 Å². The Kier molecular flexibility index (Phi) is 5.52. The van der Waals surface area contributed by atoms with Crippen LogP contribution in [0.1, 0.15) is 45.7 Å². The fourth-order valence-electron chi connectivity index (χ4n) is 2.58. The Balaban J connectivity index is 2.19. The van der Waals surface area contributed by atoms with Gasteiger partial charge in [0.25, 0.3) is 11.8 Å². The Labute approximate surface area is 136 Å². The molecule has 1 N–H and O–H groups in total. The van der Waals surface area contributed by atoms with Crippen LogP contribution in [0.15, 0.2) is 42.5 Å². The van der Waals surface area contributed by atoms with Gasteiger partial charge in [-0.3, -0.25) is 14.9 Å². The third kappa shape index (κ3) is 3.77. The van der Waals surface area contributed by atoms with E-state index in [4.69, 9.17) is 4.74 Å². The van der Waals surface area contributed by atoms with Crippen LogP contribution in [0, 0.1) is 0 Å². The van der Waals surface area contributed by atoms with E-state index in [2.05, 4.69) is 12.2 Å². The van der Waals surface area contributed by atoms with Crippen molar-refractivity contribution in [3.63, 3.8) is 0 Å². The van der Waals surface area contributed by atoms with Gasteiger partial charge in [-0.1, -0.05) is 26.0 Å². The highest BCUT2D eigenvalue weighted by Crippen LogP contribution is 2.17. The number of hydrogen-bond donors (Lipinski definition) is 1. The molecule has 120 valence electrons. The lowest BCUT2D eigenvalue weighted by Crippen LogP contribution is -2.31. The van der Waals surface area contributed by atoms with Gasteiger partial charge in [0.2, 0.25) is 0 Å². The highest BCUT2D eigenvalue weighted by Gasteiger charge is 2.16. The molecule has 0 aromatic heterocycles. The molecule has 0 unspecified atom stereocenters. The second-order valence-electron chi connectivity index (χ2n) is 5.16. The number of carbonyl (C=O) groups excluding carboxylic acids is 2. The molecular weight excluding hydrogens is 290 g/mol. The molecule has 4 heteroatoms. The van der Waals surface area contributed by atoms with Crippen LogP contribution in [0.5, 0.6) is 5.75 Å². The molecule has 0 aliphatic rings. The number of nitrogens with one attached hydrogen (secondary N) is 1. The van der Waals surface area contributed by atoms with Crippen molar-refractivity contribution in [2.45, 2.75) is 26.7 Å². The molecular formula is C19H21NO3. The summed E-state index contributed by atoms with van der Waals surface area (Å²) in [5.41, 5.74) is 3.12. The van der Waals surface area contributed by atoms with E-state index in [1.165, 1.54) is 0 Å². The Morgan fingerprint density at radius 3 is 2.22 bits per heavy atom. The predicted octanol–water partition coefficient (Wildman–Crippen LogP) is 3.39. The molecule has 0 radical (unpaired) electrons. The van der Waals surface area contributed by atoms with E-state index in [0.29, 0.717) is 16.9 Å². The Morgan fingerprint density at radius 1 is 0.957 bits per heavy atom. The first-order chi connectivity index (χ1) is 11.1. The number of hydrogen-bond acceptors (Lipinski definition) is 3. The normalized spacial score (nSPS) is 10.2. The molecule has 0 atom stereocenters. The van der Waals surface area contributed by atoms with Crippen LogP contribution in [0.3, 0.4) is 0 Å². The maximum Gasteiger partial charge on any atom is 0.258 e. The average molecular weight is 311 g/mol. The molecule has 0 bridgehead atoms. The minimum absolute atomic E-state index is 0.363. The summed E-state index contributed by atoms with van der Waals surface area (Å²) in [5.74, 6) is -0.114. The largest absolute Gasteiger partial charge is 0.497 e. The van der Waals surface area contributed by atoms with Gasteiger partial charge in [0.05, 0.1) is 7.11 Å². The van der Waals surface area contributed by atoms with Crippen LogP contribution in [-0.2, 0) is 12.8 Å². The molecule has 2 rings (SSSR count). The molecule has 23 heavy (non-hydrogen) atoms. The van der Waals surface area contributed by atoms with E-state index < -0.39 is 5.91 Å². The van der Waals surface area contributed by atoms with Gasteiger partial charge in [-0.05, 0) is 54.3 Å². The maximum absolute atomic E-state index is 12.4. The van der Waals surface area contributed by atoms with Crippen LogP contribution in [0.2, 0.25) is 0 Å². The van der Waals surface area contributed by atoms with Gasteiger partial charge in [0.15, 0.2) is 0 Å². The van der Waals surface area contributed by atoms with Gasteiger partial charge in [-0.2, -0.15) is 0 Å². The molecule has 0 aliphatic heterocycles. The predicted molar refractivity (Wildman–Crippen MR) is 90.0 cm³/mol.